The van der Waals surface area contributed by atoms with Crippen molar-refractivity contribution in [1.29, 1.82) is 0 Å². The van der Waals surface area contributed by atoms with Crippen molar-refractivity contribution >= 4 is 34.1 Å². The van der Waals surface area contributed by atoms with E-state index in [1.165, 1.54) is 13.0 Å². The van der Waals surface area contributed by atoms with Crippen molar-refractivity contribution < 1.29 is 9.59 Å². The second-order valence-electron chi connectivity index (χ2n) is 5.31. The van der Waals surface area contributed by atoms with Crippen LogP contribution < -0.4 is 16.2 Å². The van der Waals surface area contributed by atoms with Crippen molar-refractivity contribution in [2.45, 2.75) is 6.92 Å². The van der Waals surface area contributed by atoms with Gasteiger partial charge in [0.25, 0.3) is 5.91 Å². The molecule has 6 heteroatoms. The predicted octanol–water partition coefficient (Wildman–Crippen LogP) is 2.74. The number of amides is 2. The van der Waals surface area contributed by atoms with Gasteiger partial charge in [0.15, 0.2) is 0 Å². The Bertz CT molecular complexity index is 992. The Kier molecular flexibility index (Phi) is 4.11. The lowest BCUT2D eigenvalue weighted by Crippen LogP contribution is -2.17. The van der Waals surface area contributed by atoms with E-state index < -0.39 is 5.91 Å². The van der Waals surface area contributed by atoms with Crippen LogP contribution in [0.25, 0.3) is 10.9 Å². The molecule has 0 aliphatic carbocycles. The van der Waals surface area contributed by atoms with E-state index in [9.17, 15) is 14.4 Å². The summed E-state index contributed by atoms with van der Waals surface area (Å²) >= 11 is 0. The van der Waals surface area contributed by atoms with Crippen LogP contribution in [0.5, 0.6) is 0 Å². The number of hydrogen-bond donors (Lipinski definition) is 3. The molecule has 3 rings (SSSR count). The van der Waals surface area contributed by atoms with Crippen LogP contribution in [0.3, 0.4) is 0 Å². The number of pyridine rings is 1. The van der Waals surface area contributed by atoms with Gasteiger partial charge in [-0.2, -0.15) is 0 Å². The highest BCUT2D eigenvalue weighted by Gasteiger charge is 2.12. The van der Waals surface area contributed by atoms with Crippen LogP contribution in [-0.4, -0.2) is 16.8 Å². The molecule has 120 valence electrons. The average Bonchev–Trinajstić information content (AvgIpc) is 2.53. The first-order chi connectivity index (χ1) is 11.5. The van der Waals surface area contributed by atoms with Crippen molar-refractivity contribution in [1.82, 2.24) is 4.98 Å². The van der Waals surface area contributed by atoms with Gasteiger partial charge in [0, 0.05) is 35.3 Å². The summed E-state index contributed by atoms with van der Waals surface area (Å²) in [5.74, 6) is -0.587. The molecule has 3 N–H and O–H groups in total. The Morgan fingerprint density at radius 3 is 2.38 bits per heavy atom. The van der Waals surface area contributed by atoms with Crippen molar-refractivity contribution in [3.05, 3.63) is 70.5 Å². The summed E-state index contributed by atoms with van der Waals surface area (Å²) in [7, 11) is 0. The molecule has 0 saturated carbocycles. The van der Waals surface area contributed by atoms with E-state index in [2.05, 4.69) is 15.6 Å². The number of aromatic amines is 1. The van der Waals surface area contributed by atoms with Crippen LogP contribution in [0.4, 0.5) is 11.4 Å². The maximum absolute atomic E-state index is 12.6. The lowest BCUT2D eigenvalue weighted by atomic mass is 10.1. The van der Waals surface area contributed by atoms with E-state index >= 15 is 0 Å². The normalized spacial score (nSPS) is 10.4. The SMILES string of the molecule is CC(=O)Nc1cccc(NC(=O)c2cc(=O)[nH]c3ccccc23)c1. The molecule has 0 fully saturated rings. The monoisotopic (exact) mass is 321 g/mol. The number of para-hydroxylation sites is 1. The van der Waals surface area contributed by atoms with Gasteiger partial charge in [0.2, 0.25) is 11.5 Å². The lowest BCUT2D eigenvalue weighted by molar-refractivity contribution is -0.114. The van der Waals surface area contributed by atoms with E-state index in [1.54, 1.807) is 48.5 Å². The standard InChI is InChI=1S/C18H15N3O3/c1-11(22)19-12-5-4-6-13(9-12)20-18(24)15-10-17(23)21-16-8-3-2-7-14(15)16/h2-10H,1H3,(H,19,22)(H,20,24)(H,21,23). The Morgan fingerprint density at radius 2 is 1.62 bits per heavy atom. The number of rotatable bonds is 3. The topological polar surface area (TPSA) is 91.1 Å². The summed E-state index contributed by atoms with van der Waals surface area (Å²) in [4.78, 5) is 38.1. The molecule has 1 aromatic heterocycles. The van der Waals surface area contributed by atoms with Gasteiger partial charge >= 0.3 is 0 Å². The van der Waals surface area contributed by atoms with Crippen LogP contribution in [-0.2, 0) is 4.79 Å². The number of carbonyl (C=O) groups excluding carboxylic acids is 2. The number of fused-ring (bicyclic) bond motifs is 1. The van der Waals surface area contributed by atoms with Crippen LogP contribution in [0, 0.1) is 0 Å². The zero-order valence-corrected chi connectivity index (χ0v) is 12.9. The van der Waals surface area contributed by atoms with Crippen LogP contribution in [0.2, 0.25) is 0 Å². The first-order valence-corrected chi connectivity index (χ1v) is 7.34. The Balaban J connectivity index is 1.93. The molecule has 2 amide bonds. The Morgan fingerprint density at radius 1 is 0.917 bits per heavy atom. The maximum atomic E-state index is 12.6. The summed E-state index contributed by atoms with van der Waals surface area (Å²) in [6, 6.07) is 15.2. The smallest absolute Gasteiger partial charge is 0.256 e. The first kappa shape index (κ1) is 15.5. The van der Waals surface area contributed by atoms with Gasteiger partial charge in [0.05, 0.1) is 5.56 Å². The summed E-state index contributed by atoms with van der Waals surface area (Å²) < 4.78 is 0. The molecule has 0 radical (unpaired) electrons. The Labute approximate surface area is 137 Å². The first-order valence-electron chi connectivity index (χ1n) is 7.34. The van der Waals surface area contributed by atoms with E-state index in [0.29, 0.717) is 27.8 Å². The number of H-pyrrole nitrogens is 1. The molecule has 0 aliphatic rings. The van der Waals surface area contributed by atoms with Gasteiger partial charge in [-0.1, -0.05) is 24.3 Å². The molecule has 0 spiro atoms. The van der Waals surface area contributed by atoms with Crippen molar-refractivity contribution in [3.63, 3.8) is 0 Å². The number of aromatic nitrogens is 1. The van der Waals surface area contributed by atoms with Gasteiger partial charge < -0.3 is 15.6 Å². The largest absolute Gasteiger partial charge is 0.326 e. The third kappa shape index (κ3) is 3.33. The number of nitrogens with one attached hydrogen (secondary N) is 3. The van der Waals surface area contributed by atoms with E-state index in [4.69, 9.17) is 0 Å². The van der Waals surface area contributed by atoms with Crippen molar-refractivity contribution in [2.75, 3.05) is 10.6 Å². The number of benzene rings is 2. The zero-order valence-electron chi connectivity index (χ0n) is 12.9. The minimum atomic E-state index is -0.391. The molecule has 2 aromatic carbocycles. The molecule has 0 unspecified atom stereocenters. The van der Waals surface area contributed by atoms with Crippen LogP contribution >= 0.6 is 0 Å². The van der Waals surface area contributed by atoms with E-state index in [1.807, 2.05) is 0 Å². The van der Waals surface area contributed by atoms with Gasteiger partial charge in [-0.3, -0.25) is 14.4 Å². The molecule has 3 aromatic rings. The van der Waals surface area contributed by atoms with Gasteiger partial charge in [-0.05, 0) is 24.3 Å². The molecule has 1 heterocycles. The summed E-state index contributed by atoms with van der Waals surface area (Å²) in [5.41, 5.74) is 1.65. The molecular formula is C18H15N3O3. The van der Waals surface area contributed by atoms with E-state index in [-0.39, 0.29) is 11.5 Å². The average molecular weight is 321 g/mol. The fraction of sp³-hybridized carbons (Fsp3) is 0.0556. The third-order valence-corrected chi connectivity index (χ3v) is 3.44. The zero-order chi connectivity index (χ0) is 17.1. The van der Waals surface area contributed by atoms with Crippen molar-refractivity contribution in [2.24, 2.45) is 0 Å². The quantitative estimate of drug-likeness (QED) is 0.692. The van der Waals surface area contributed by atoms with Gasteiger partial charge in [-0.25, -0.2) is 0 Å². The number of hydrogen-bond acceptors (Lipinski definition) is 3. The van der Waals surface area contributed by atoms with Crippen LogP contribution in [0.15, 0.2) is 59.4 Å². The van der Waals surface area contributed by atoms with Gasteiger partial charge in [-0.15, -0.1) is 0 Å². The number of carbonyl (C=O) groups is 2. The molecular weight excluding hydrogens is 306 g/mol. The Hall–Kier alpha value is -3.41. The van der Waals surface area contributed by atoms with Gasteiger partial charge in [0.1, 0.15) is 0 Å². The summed E-state index contributed by atoms with van der Waals surface area (Å²) in [6.07, 6.45) is 0. The molecule has 0 bridgehead atoms. The minimum Gasteiger partial charge on any atom is -0.326 e. The molecule has 0 aliphatic heterocycles. The molecule has 0 atom stereocenters. The molecule has 6 nitrogen and oxygen atoms in total. The highest BCUT2D eigenvalue weighted by atomic mass is 16.2. The highest BCUT2D eigenvalue weighted by Crippen LogP contribution is 2.19. The highest BCUT2D eigenvalue weighted by molar-refractivity contribution is 6.12. The summed E-state index contributed by atoms with van der Waals surface area (Å²) in [5, 5.41) is 6.06. The van der Waals surface area contributed by atoms with Crippen molar-refractivity contribution in [3.8, 4) is 0 Å². The fourth-order valence-electron chi connectivity index (χ4n) is 2.47. The fourth-order valence-corrected chi connectivity index (χ4v) is 2.47. The summed E-state index contributed by atoms with van der Waals surface area (Å²) in [6.45, 7) is 1.41. The predicted molar refractivity (Wildman–Crippen MR) is 93.3 cm³/mol. The third-order valence-electron chi connectivity index (χ3n) is 3.44. The second kappa shape index (κ2) is 6.37. The molecule has 0 saturated heterocycles. The van der Waals surface area contributed by atoms with Crippen LogP contribution in [0.1, 0.15) is 17.3 Å². The second-order valence-corrected chi connectivity index (χ2v) is 5.31. The number of anilines is 2. The maximum Gasteiger partial charge on any atom is 0.256 e. The van der Waals surface area contributed by atoms with E-state index in [0.717, 1.165) is 0 Å². The minimum absolute atomic E-state index is 0.195. The molecule has 24 heavy (non-hydrogen) atoms. The lowest BCUT2D eigenvalue weighted by Gasteiger charge is -2.09.